The van der Waals surface area contributed by atoms with Crippen molar-refractivity contribution >= 4 is 5.91 Å². The zero-order valence-corrected chi connectivity index (χ0v) is 44.6. The van der Waals surface area contributed by atoms with Gasteiger partial charge in [0.05, 0.1) is 25.4 Å². The highest BCUT2D eigenvalue weighted by molar-refractivity contribution is 5.76. The number of allylic oxidation sites excluding steroid dienone is 9. The molecule has 0 radical (unpaired) electrons. The number of carbonyl (C=O) groups excluding carboxylic acids is 1. The quantitative estimate of drug-likeness (QED) is 0.0261. The molecule has 7 atom stereocenters. The Balaban J connectivity index is 2.02. The van der Waals surface area contributed by atoms with Crippen molar-refractivity contribution in [1.82, 2.24) is 5.32 Å². The van der Waals surface area contributed by atoms with Gasteiger partial charge in [0.1, 0.15) is 24.4 Å². The number of amides is 1. The molecule has 0 aliphatic carbocycles. The molecule has 7 unspecified atom stereocenters. The van der Waals surface area contributed by atoms with E-state index in [0.717, 1.165) is 64.2 Å². The molecule has 0 bridgehead atoms. The van der Waals surface area contributed by atoms with E-state index in [1.807, 2.05) is 6.08 Å². The van der Waals surface area contributed by atoms with Gasteiger partial charge in [-0.25, -0.2) is 0 Å². The number of ether oxygens (including phenoxy) is 2. The third kappa shape index (κ3) is 39.1. The average Bonchev–Trinajstić information content (AvgIpc) is 3.35. The first-order chi connectivity index (χ1) is 33.8. The molecule has 1 rings (SSSR count). The van der Waals surface area contributed by atoms with Crippen LogP contribution in [0.2, 0.25) is 0 Å². The Bertz CT molecular complexity index is 1270. The second kappa shape index (κ2) is 49.5. The highest BCUT2D eigenvalue weighted by Gasteiger charge is 2.44. The van der Waals surface area contributed by atoms with Crippen LogP contribution >= 0.6 is 0 Å². The van der Waals surface area contributed by atoms with Crippen LogP contribution in [0.5, 0.6) is 0 Å². The van der Waals surface area contributed by atoms with Crippen LogP contribution in [0, 0.1) is 0 Å². The number of unbranched alkanes of at least 4 members (excludes halogenated alkanes) is 31. The van der Waals surface area contributed by atoms with Gasteiger partial charge >= 0.3 is 0 Å². The summed E-state index contributed by atoms with van der Waals surface area (Å²) in [6.45, 7) is 3.64. The maximum Gasteiger partial charge on any atom is 0.220 e. The summed E-state index contributed by atoms with van der Waals surface area (Å²) in [6.07, 6.45) is 60.5. The van der Waals surface area contributed by atoms with Gasteiger partial charge in [-0.05, 0) is 57.8 Å². The van der Waals surface area contributed by atoms with Crippen molar-refractivity contribution in [3.05, 3.63) is 60.8 Å². The molecule has 402 valence electrons. The molecule has 1 heterocycles. The topological polar surface area (TPSA) is 149 Å². The standard InChI is InChI=1S/C60H109NO8/c1-3-5-7-9-11-13-14-15-16-17-18-19-20-21-22-23-24-25-26-27-28-29-30-31-32-33-34-35-36-37-38-39-40-42-44-46-48-50-56(64)61-53(54(63)49-47-45-43-41-12-10-8-6-4-2)52-68-60-59(67)58(66)57(65)55(51-62)69-60/h5,7,11,13,15-16,18-19,47,49,53-55,57-60,62-63,65-67H,3-4,6,8-10,12,14,17,20-46,48,50-52H2,1-2H3,(H,61,64)/b7-5-,13-11-,16-15-,19-18-,49-47+. The highest BCUT2D eigenvalue weighted by Crippen LogP contribution is 2.23. The lowest BCUT2D eigenvalue weighted by molar-refractivity contribution is -0.302. The van der Waals surface area contributed by atoms with Crippen LogP contribution in [0.3, 0.4) is 0 Å². The number of nitrogens with one attached hydrogen (secondary N) is 1. The van der Waals surface area contributed by atoms with Gasteiger partial charge in [0.15, 0.2) is 6.29 Å². The van der Waals surface area contributed by atoms with Crippen molar-refractivity contribution in [2.45, 2.75) is 301 Å². The van der Waals surface area contributed by atoms with Gasteiger partial charge in [-0.3, -0.25) is 4.79 Å². The second-order valence-electron chi connectivity index (χ2n) is 20.1. The van der Waals surface area contributed by atoms with Crippen molar-refractivity contribution in [2.24, 2.45) is 0 Å². The minimum Gasteiger partial charge on any atom is -0.394 e. The molecule has 0 aromatic carbocycles. The molecular weight excluding hydrogens is 863 g/mol. The maximum atomic E-state index is 13.0. The van der Waals surface area contributed by atoms with E-state index in [0.29, 0.717) is 6.42 Å². The van der Waals surface area contributed by atoms with Crippen LogP contribution in [-0.2, 0) is 14.3 Å². The molecule has 1 amide bonds. The fourth-order valence-corrected chi connectivity index (χ4v) is 9.03. The Morgan fingerprint density at radius 2 is 0.899 bits per heavy atom. The molecule has 0 aromatic heterocycles. The smallest absolute Gasteiger partial charge is 0.220 e. The largest absolute Gasteiger partial charge is 0.394 e. The molecule has 1 fully saturated rings. The number of rotatable bonds is 49. The van der Waals surface area contributed by atoms with E-state index in [2.05, 4.69) is 67.8 Å². The zero-order valence-electron chi connectivity index (χ0n) is 44.6. The fourth-order valence-electron chi connectivity index (χ4n) is 9.03. The normalized spacial score (nSPS) is 19.9. The van der Waals surface area contributed by atoms with Crippen LogP contribution in [0.15, 0.2) is 60.8 Å². The molecule has 1 aliphatic heterocycles. The van der Waals surface area contributed by atoms with Gasteiger partial charge in [-0.2, -0.15) is 0 Å². The van der Waals surface area contributed by atoms with Crippen LogP contribution < -0.4 is 5.32 Å². The number of aliphatic hydroxyl groups excluding tert-OH is 5. The van der Waals surface area contributed by atoms with E-state index >= 15 is 0 Å². The number of aliphatic hydroxyl groups is 5. The highest BCUT2D eigenvalue weighted by atomic mass is 16.7. The summed E-state index contributed by atoms with van der Waals surface area (Å²) in [5.41, 5.74) is 0. The lowest BCUT2D eigenvalue weighted by Gasteiger charge is -2.40. The SMILES string of the molecule is CC/C=C\C/C=C\C/C=C\C/C=C\CCCCCCCCCCCCCCCCCCCCCCCCCCC(=O)NC(COC1OC(CO)C(O)C(O)C1O)C(O)/C=C/CCCCCCCCC. The second-order valence-corrected chi connectivity index (χ2v) is 20.1. The zero-order chi connectivity index (χ0) is 50.1. The summed E-state index contributed by atoms with van der Waals surface area (Å²) in [4.78, 5) is 13.0. The minimum absolute atomic E-state index is 0.177. The summed E-state index contributed by atoms with van der Waals surface area (Å²) in [5.74, 6) is -0.177. The number of hydrogen-bond acceptors (Lipinski definition) is 8. The number of hydrogen-bond donors (Lipinski definition) is 6. The van der Waals surface area contributed by atoms with Crippen molar-refractivity contribution in [1.29, 1.82) is 0 Å². The molecule has 0 spiro atoms. The van der Waals surface area contributed by atoms with Crippen molar-refractivity contribution < 1.29 is 39.8 Å². The van der Waals surface area contributed by atoms with E-state index in [9.17, 15) is 30.3 Å². The summed E-state index contributed by atoms with van der Waals surface area (Å²) in [5, 5.41) is 54.2. The fraction of sp³-hybridized carbons (Fsp3) is 0.817. The third-order valence-electron chi connectivity index (χ3n) is 13.6. The van der Waals surface area contributed by atoms with E-state index in [1.54, 1.807) is 6.08 Å². The first-order valence-corrected chi connectivity index (χ1v) is 29.0. The van der Waals surface area contributed by atoms with Gasteiger partial charge in [0.25, 0.3) is 0 Å². The molecule has 69 heavy (non-hydrogen) atoms. The summed E-state index contributed by atoms with van der Waals surface area (Å²) in [7, 11) is 0. The maximum absolute atomic E-state index is 13.0. The lowest BCUT2D eigenvalue weighted by Crippen LogP contribution is -2.60. The Morgan fingerprint density at radius 1 is 0.507 bits per heavy atom. The minimum atomic E-state index is -1.56. The van der Waals surface area contributed by atoms with E-state index < -0.39 is 49.5 Å². The summed E-state index contributed by atoms with van der Waals surface area (Å²) < 4.78 is 11.2. The third-order valence-corrected chi connectivity index (χ3v) is 13.6. The van der Waals surface area contributed by atoms with E-state index in [4.69, 9.17) is 9.47 Å². The molecule has 9 nitrogen and oxygen atoms in total. The van der Waals surface area contributed by atoms with Crippen molar-refractivity contribution in [3.63, 3.8) is 0 Å². The van der Waals surface area contributed by atoms with Gasteiger partial charge in [0.2, 0.25) is 5.91 Å². The van der Waals surface area contributed by atoms with Crippen LogP contribution in [-0.4, -0.2) is 87.5 Å². The predicted octanol–water partition coefficient (Wildman–Crippen LogP) is 14.3. The lowest BCUT2D eigenvalue weighted by atomic mass is 9.99. The van der Waals surface area contributed by atoms with E-state index in [-0.39, 0.29) is 12.5 Å². The molecule has 9 heteroatoms. The Kier molecular flexibility index (Phi) is 46.5. The van der Waals surface area contributed by atoms with Gasteiger partial charge < -0.3 is 40.3 Å². The molecule has 1 aliphatic rings. The van der Waals surface area contributed by atoms with Gasteiger partial charge in [0, 0.05) is 6.42 Å². The van der Waals surface area contributed by atoms with Gasteiger partial charge in [-0.1, -0.05) is 254 Å². The summed E-state index contributed by atoms with van der Waals surface area (Å²) >= 11 is 0. The van der Waals surface area contributed by atoms with Crippen molar-refractivity contribution in [3.8, 4) is 0 Å². The predicted molar refractivity (Wildman–Crippen MR) is 290 cm³/mol. The Morgan fingerprint density at radius 3 is 1.33 bits per heavy atom. The van der Waals surface area contributed by atoms with Crippen LogP contribution in [0.25, 0.3) is 0 Å². The van der Waals surface area contributed by atoms with Crippen LogP contribution in [0.1, 0.15) is 258 Å². The first kappa shape index (κ1) is 64.9. The van der Waals surface area contributed by atoms with Crippen LogP contribution in [0.4, 0.5) is 0 Å². The monoisotopic (exact) mass is 972 g/mol. The molecule has 0 saturated carbocycles. The Labute approximate surface area is 424 Å². The number of carbonyl (C=O) groups is 1. The van der Waals surface area contributed by atoms with E-state index in [1.165, 1.54) is 173 Å². The van der Waals surface area contributed by atoms with Crippen molar-refractivity contribution in [2.75, 3.05) is 13.2 Å². The average molecular weight is 973 g/mol. The summed E-state index contributed by atoms with van der Waals surface area (Å²) in [6, 6.07) is -0.802. The first-order valence-electron chi connectivity index (χ1n) is 29.0. The molecule has 6 N–H and O–H groups in total. The molecule has 1 saturated heterocycles. The Hall–Kier alpha value is -2.11. The van der Waals surface area contributed by atoms with Gasteiger partial charge in [-0.15, -0.1) is 0 Å². The molecule has 0 aromatic rings. The molecular formula is C60H109NO8.